The number of furan rings is 1. The number of nitrogens with zero attached hydrogens (tertiary/aromatic N) is 2. The van der Waals surface area contributed by atoms with Gasteiger partial charge in [-0.3, -0.25) is 9.48 Å². The maximum Gasteiger partial charge on any atom is 0.287 e. The van der Waals surface area contributed by atoms with E-state index in [1.807, 2.05) is 6.07 Å². The van der Waals surface area contributed by atoms with Crippen molar-refractivity contribution in [3.05, 3.63) is 71.7 Å². The summed E-state index contributed by atoms with van der Waals surface area (Å²) in [6, 6.07) is 10.8. The highest BCUT2D eigenvalue weighted by Crippen LogP contribution is 2.15. The smallest absolute Gasteiger partial charge is 0.287 e. The van der Waals surface area contributed by atoms with Crippen molar-refractivity contribution in [1.29, 1.82) is 0 Å². The van der Waals surface area contributed by atoms with Gasteiger partial charge in [0.1, 0.15) is 23.9 Å². The number of benzene rings is 1. The summed E-state index contributed by atoms with van der Waals surface area (Å²) in [5.74, 6) is 0.590. The van der Waals surface area contributed by atoms with E-state index < -0.39 is 0 Å². The monoisotopic (exact) mass is 329 g/mol. The summed E-state index contributed by atoms with van der Waals surface area (Å²) >= 11 is 0. The van der Waals surface area contributed by atoms with Gasteiger partial charge in [-0.15, -0.1) is 0 Å². The maximum atomic E-state index is 12.8. The first-order valence-corrected chi connectivity index (χ1v) is 7.34. The van der Waals surface area contributed by atoms with Crippen LogP contribution in [0.3, 0.4) is 0 Å². The van der Waals surface area contributed by atoms with Crippen molar-refractivity contribution in [3.63, 3.8) is 0 Å². The molecule has 0 aliphatic carbocycles. The number of hydrogen-bond acceptors (Lipinski definition) is 4. The molecular weight excluding hydrogens is 313 g/mol. The third-order valence-corrected chi connectivity index (χ3v) is 3.43. The van der Waals surface area contributed by atoms with Crippen LogP contribution >= 0.6 is 0 Å². The topological polar surface area (TPSA) is 69.3 Å². The van der Waals surface area contributed by atoms with Gasteiger partial charge in [0.05, 0.1) is 12.2 Å². The minimum Gasteiger partial charge on any atom is -0.486 e. The second-order valence-electron chi connectivity index (χ2n) is 5.14. The molecule has 2 heterocycles. The summed E-state index contributed by atoms with van der Waals surface area (Å²) in [6.45, 7) is 0.512. The van der Waals surface area contributed by atoms with Crippen LogP contribution in [-0.2, 0) is 20.2 Å². The zero-order valence-electron chi connectivity index (χ0n) is 13.0. The van der Waals surface area contributed by atoms with Crippen molar-refractivity contribution in [1.82, 2.24) is 15.1 Å². The second-order valence-corrected chi connectivity index (χ2v) is 5.14. The number of nitrogens with one attached hydrogen (secondary N) is 1. The Balaban J connectivity index is 1.53. The van der Waals surface area contributed by atoms with E-state index in [0.717, 1.165) is 5.69 Å². The number of ether oxygens (including phenoxy) is 1. The lowest BCUT2D eigenvalue weighted by atomic mass is 10.3. The van der Waals surface area contributed by atoms with Gasteiger partial charge in [0, 0.05) is 13.2 Å². The Kier molecular flexibility index (Phi) is 4.60. The molecule has 1 aromatic carbocycles. The lowest BCUT2D eigenvalue weighted by molar-refractivity contribution is 0.0918. The predicted octanol–water partition coefficient (Wildman–Crippen LogP) is 2.66. The molecule has 124 valence electrons. The van der Waals surface area contributed by atoms with Crippen molar-refractivity contribution >= 4 is 5.91 Å². The molecule has 3 aromatic rings. The number of aromatic nitrogens is 2. The summed E-state index contributed by atoms with van der Waals surface area (Å²) in [5, 5.41) is 6.79. The average Bonchev–Trinajstić information content (AvgIpc) is 3.21. The third-order valence-electron chi connectivity index (χ3n) is 3.43. The average molecular weight is 329 g/mol. The molecule has 2 aromatic heterocycles. The second kappa shape index (κ2) is 6.99. The van der Waals surface area contributed by atoms with E-state index in [1.54, 1.807) is 30.1 Å². The highest BCUT2D eigenvalue weighted by atomic mass is 19.1. The standard InChI is InChI=1S/C17H16FN3O3/c1-21-13(8-9-20-21)10-19-17(22)16-7-6-15(24-16)11-23-14-4-2-12(18)3-5-14/h2-9H,10-11H2,1H3,(H,19,22). The molecular formula is C17H16FN3O3. The fourth-order valence-electron chi connectivity index (χ4n) is 2.10. The lowest BCUT2D eigenvalue weighted by Gasteiger charge is -2.04. The van der Waals surface area contributed by atoms with Crippen LogP contribution in [0.15, 0.2) is 53.1 Å². The number of halogens is 1. The zero-order valence-corrected chi connectivity index (χ0v) is 13.0. The maximum absolute atomic E-state index is 12.8. The zero-order chi connectivity index (χ0) is 16.9. The first-order chi connectivity index (χ1) is 11.6. The number of amides is 1. The van der Waals surface area contributed by atoms with Crippen LogP contribution in [0.5, 0.6) is 5.75 Å². The molecule has 0 saturated heterocycles. The van der Waals surface area contributed by atoms with Crippen molar-refractivity contribution in [2.24, 2.45) is 7.05 Å². The van der Waals surface area contributed by atoms with E-state index in [4.69, 9.17) is 9.15 Å². The van der Waals surface area contributed by atoms with E-state index in [-0.39, 0.29) is 24.1 Å². The summed E-state index contributed by atoms with van der Waals surface area (Å²) in [5.41, 5.74) is 0.884. The van der Waals surface area contributed by atoms with Gasteiger partial charge in [0.2, 0.25) is 0 Å². The Morgan fingerprint density at radius 2 is 2.04 bits per heavy atom. The predicted molar refractivity (Wildman–Crippen MR) is 83.8 cm³/mol. The Hall–Kier alpha value is -3.09. The van der Waals surface area contributed by atoms with E-state index >= 15 is 0 Å². The fourth-order valence-corrected chi connectivity index (χ4v) is 2.10. The Morgan fingerprint density at radius 1 is 1.25 bits per heavy atom. The summed E-state index contributed by atoms with van der Waals surface area (Å²) in [6.07, 6.45) is 1.67. The quantitative estimate of drug-likeness (QED) is 0.755. The van der Waals surface area contributed by atoms with Crippen LogP contribution in [0.25, 0.3) is 0 Å². The fraction of sp³-hybridized carbons (Fsp3) is 0.176. The number of carbonyl (C=O) groups is 1. The van der Waals surface area contributed by atoms with Gasteiger partial charge in [0.15, 0.2) is 5.76 Å². The molecule has 24 heavy (non-hydrogen) atoms. The van der Waals surface area contributed by atoms with Crippen LogP contribution in [0.2, 0.25) is 0 Å². The molecule has 0 spiro atoms. The minimum atomic E-state index is -0.326. The van der Waals surface area contributed by atoms with E-state index in [9.17, 15) is 9.18 Å². The van der Waals surface area contributed by atoms with Gasteiger partial charge in [0.25, 0.3) is 5.91 Å². The van der Waals surface area contributed by atoms with Crippen molar-refractivity contribution < 1.29 is 18.3 Å². The molecule has 3 rings (SSSR count). The normalized spacial score (nSPS) is 10.6. The molecule has 0 saturated carbocycles. The van der Waals surface area contributed by atoms with Crippen molar-refractivity contribution in [3.8, 4) is 5.75 Å². The first kappa shape index (κ1) is 15.8. The largest absolute Gasteiger partial charge is 0.486 e. The highest BCUT2D eigenvalue weighted by molar-refractivity contribution is 5.91. The highest BCUT2D eigenvalue weighted by Gasteiger charge is 2.12. The molecule has 0 atom stereocenters. The minimum absolute atomic E-state index is 0.153. The molecule has 1 amide bonds. The molecule has 0 bridgehead atoms. The van der Waals surface area contributed by atoms with Crippen molar-refractivity contribution in [2.45, 2.75) is 13.2 Å². The number of aryl methyl sites for hydroxylation is 1. The molecule has 0 fully saturated rings. The summed E-state index contributed by atoms with van der Waals surface area (Å²) in [4.78, 5) is 12.1. The van der Waals surface area contributed by atoms with Crippen LogP contribution in [0, 0.1) is 5.82 Å². The van der Waals surface area contributed by atoms with Crippen LogP contribution in [0.1, 0.15) is 22.0 Å². The van der Waals surface area contributed by atoms with Gasteiger partial charge in [-0.1, -0.05) is 0 Å². The van der Waals surface area contributed by atoms with Crippen molar-refractivity contribution in [2.75, 3.05) is 0 Å². The summed E-state index contributed by atoms with van der Waals surface area (Å²) < 4.78 is 25.4. The molecule has 0 aliphatic heterocycles. The molecule has 0 aliphatic rings. The third kappa shape index (κ3) is 3.81. The Labute approximate surface area is 137 Å². The lowest BCUT2D eigenvalue weighted by Crippen LogP contribution is -2.23. The van der Waals surface area contributed by atoms with E-state index in [0.29, 0.717) is 18.1 Å². The number of carbonyl (C=O) groups excluding carboxylic acids is 1. The molecule has 7 heteroatoms. The molecule has 6 nitrogen and oxygen atoms in total. The van der Waals surface area contributed by atoms with Gasteiger partial charge >= 0.3 is 0 Å². The van der Waals surface area contributed by atoms with Gasteiger partial charge in [-0.2, -0.15) is 5.10 Å². The van der Waals surface area contributed by atoms with Crippen LogP contribution < -0.4 is 10.1 Å². The molecule has 1 N–H and O–H groups in total. The van der Waals surface area contributed by atoms with E-state index in [1.165, 1.54) is 24.3 Å². The first-order valence-electron chi connectivity index (χ1n) is 7.34. The van der Waals surface area contributed by atoms with Crippen LogP contribution in [-0.4, -0.2) is 15.7 Å². The van der Waals surface area contributed by atoms with Gasteiger partial charge < -0.3 is 14.5 Å². The van der Waals surface area contributed by atoms with Crippen LogP contribution in [0.4, 0.5) is 4.39 Å². The Morgan fingerprint density at radius 3 is 2.75 bits per heavy atom. The number of rotatable bonds is 6. The van der Waals surface area contributed by atoms with Gasteiger partial charge in [-0.25, -0.2) is 4.39 Å². The number of hydrogen-bond donors (Lipinski definition) is 1. The molecule has 0 radical (unpaired) electrons. The SMILES string of the molecule is Cn1nccc1CNC(=O)c1ccc(COc2ccc(F)cc2)o1. The molecule has 0 unspecified atom stereocenters. The van der Waals surface area contributed by atoms with E-state index in [2.05, 4.69) is 10.4 Å². The van der Waals surface area contributed by atoms with Gasteiger partial charge in [-0.05, 0) is 42.5 Å². The Bertz CT molecular complexity index is 824. The summed E-state index contributed by atoms with van der Waals surface area (Å²) in [7, 11) is 1.80.